The molecule has 0 atom stereocenters. The molecule has 106 valence electrons. The van der Waals surface area contributed by atoms with Gasteiger partial charge in [0.2, 0.25) is 0 Å². The number of carbonyl (C=O) groups is 1. The summed E-state index contributed by atoms with van der Waals surface area (Å²) >= 11 is 0. The van der Waals surface area contributed by atoms with Crippen molar-refractivity contribution in [3.8, 4) is 0 Å². The van der Waals surface area contributed by atoms with Gasteiger partial charge in [-0.15, -0.1) is 0 Å². The van der Waals surface area contributed by atoms with Crippen molar-refractivity contribution in [2.24, 2.45) is 5.84 Å². The molecule has 0 saturated heterocycles. The number of urea groups is 1. The monoisotopic (exact) mass is 282 g/mol. The van der Waals surface area contributed by atoms with Gasteiger partial charge in [-0.3, -0.25) is 4.90 Å². The molecule has 2 heterocycles. The molecule has 0 saturated carbocycles. The maximum absolute atomic E-state index is 12.4. The summed E-state index contributed by atoms with van der Waals surface area (Å²) in [6.07, 6.45) is 4.88. The van der Waals surface area contributed by atoms with Crippen molar-refractivity contribution >= 4 is 23.1 Å². The Hall–Kier alpha value is -2.93. The van der Waals surface area contributed by atoms with Crippen LogP contribution < -0.4 is 15.8 Å². The molecule has 2 amide bonds. The van der Waals surface area contributed by atoms with Crippen LogP contribution in [0.1, 0.15) is 0 Å². The highest BCUT2D eigenvalue weighted by Crippen LogP contribution is 2.19. The molecular formula is C14H14N6O. The number of nitrogens with two attached hydrogens (primary N) is 1. The zero-order valence-electron chi connectivity index (χ0n) is 11.4. The molecule has 3 rings (SSSR count). The largest absolute Gasteiger partial charge is 0.343 e. The number of carbonyl (C=O) groups excluding carboxylic acids is 1. The summed E-state index contributed by atoms with van der Waals surface area (Å²) in [6, 6.07) is 10.6. The third-order valence-electron chi connectivity index (χ3n) is 3.16. The number of hydrogen-bond acceptors (Lipinski definition) is 4. The summed E-state index contributed by atoms with van der Waals surface area (Å²) in [7, 11) is 1.66. The van der Waals surface area contributed by atoms with Crippen LogP contribution in [0.4, 0.5) is 16.2 Å². The van der Waals surface area contributed by atoms with Gasteiger partial charge in [0, 0.05) is 25.1 Å². The van der Waals surface area contributed by atoms with Crippen molar-refractivity contribution in [1.82, 2.24) is 14.6 Å². The molecule has 7 nitrogen and oxygen atoms in total. The lowest BCUT2D eigenvalue weighted by Gasteiger charge is -2.23. The van der Waals surface area contributed by atoms with E-state index in [1.54, 1.807) is 30.0 Å². The molecule has 2 aromatic heterocycles. The van der Waals surface area contributed by atoms with Crippen molar-refractivity contribution in [2.45, 2.75) is 0 Å². The van der Waals surface area contributed by atoms with Crippen molar-refractivity contribution in [3.63, 3.8) is 0 Å². The van der Waals surface area contributed by atoms with Gasteiger partial charge in [0.1, 0.15) is 5.69 Å². The molecule has 7 heteroatoms. The van der Waals surface area contributed by atoms with Crippen LogP contribution in [-0.4, -0.2) is 27.7 Å². The number of fused-ring (bicyclic) bond motifs is 1. The van der Waals surface area contributed by atoms with Gasteiger partial charge in [-0.2, -0.15) is 5.10 Å². The SMILES string of the molecule is CN(C(=O)N(N)c1cnn2cccnc12)c1ccccc1. The Bertz CT molecular complexity index is 769. The van der Waals surface area contributed by atoms with E-state index in [0.29, 0.717) is 11.3 Å². The van der Waals surface area contributed by atoms with E-state index >= 15 is 0 Å². The lowest BCUT2D eigenvalue weighted by atomic mass is 10.3. The van der Waals surface area contributed by atoms with Crippen LogP contribution in [0.5, 0.6) is 0 Å². The van der Waals surface area contributed by atoms with E-state index < -0.39 is 0 Å². The van der Waals surface area contributed by atoms with Crippen LogP contribution >= 0.6 is 0 Å². The van der Waals surface area contributed by atoms with Gasteiger partial charge in [-0.25, -0.2) is 25.1 Å². The quantitative estimate of drug-likeness (QED) is 0.440. The van der Waals surface area contributed by atoms with Crippen LogP contribution in [0.25, 0.3) is 5.65 Å². The minimum absolute atomic E-state index is 0.373. The van der Waals surface area contributed by atoms with Crippen molar-refractivity contribution < 1.29 is 4.79 Å². The molecule has 0 radical (unpaired) electrons. The average Bonchev–Trinajstić information content (AvgIpc) is 2.97. The topological polar surface area (TPSA) is 79.8 Å². The highest BCUT2D eigenvalue weighted by Gasteiger charge is 2.21. The average molecular weight is 282 g/mol. The molecule has 0 bridgehead atoms. The first-order chi connectivity index (χ1) is 10.2. The fourth-order valence-corrected chi connectivity index (χ4v) is 2.01. The van der Waals surface area contributed by atoms with Gasteiger partial charge < -0.3 is 0 Å². The minimum Gasteiger partial charge on any atom is -0.296 e. The van der Waals surface area contributed by atoms with Crippen LogP contribution in [0, 0.1) is 0 Å². The summed E-state index contributed by atoms with van der Waals surface area (Å²) in [5.41, 5.74) is 1.72. The molecule has 0 fully saturated rings. The maximum atomic E-state index is 12.4. The first-order valence-corrected chi connectivity index (χ1v) is 6.34. The molecule has 0 aliphatic rings. The number of aromatic nitrogens is 3. The van der Waals surface area contributed by atoms with E-state index in [1.165, 1.54) is 11.1 Å². The zero-order chi connectivity index (χ0) is 14.8. The molecule has 0 unspecified atom stereocenters. The van der Waals surface area contributed by atoms with Gasteiger partial charge in [0.05, 0.1) is 6.20 Å². The summed E-state index contributed by atoms with van der Waals surface area (Å²) in [4.78, 5) is 18.1. The molecule has 0 aliphatic carbocycles. The molecule has 21 heavy (non-hydrogen) atoms. The van der Waals surface area contributed by atoms with Crippen molar-refractivity contribution in [2.75, 3.05) is 17.0 Å². The first-order valence-electron chi connectivity index (χ1n) is 6.34. The maximum Gasteiger partial charge on any atom is 0.343 e. The summed E-state index contributed by atoms with van der Waals surface area (Å²) in [6.45, 7) is 0. The Morgan fingerprint density at radius 3 is 2.76 bits per heavy atom. The molecule has 2 N–H and O–H groups in total. The fraction of sp³-hybridized carbons (Fsp3) is 0.0714. The Morgan fingerprint density at radius 2 is 2.00 bits per heavy atom. The Morgan fingerprint density at radius 1 is 1.24 bits per heavy atom. The van der Waals surface area contributed by atoms with Gasteiger partial charge in [-0.1, -0.05) is 18.2 Å². The number of benzene rings is 1. The highest BCUT2D eigenvalue weighted by molar-refractivity contribution is 6.04. The third-order valence-corrected chi connectivity index (χ3v) is 3.16. The lowest BCUT2D eigenvalue weighted by Crippen LogP contribution is -2.46. The van der Waals surface area contributed by atoms with E-state index in [2.05, 4.69) is 10.1 Å². The second-order valence-corrected chi connectivity index (χ2v) is 4.46. The van der Waals surface area contributed by atoms with Crippen LogP contribution in [0.15, 0.2) is 55.0 Å². The number of hydrazine groups is 1. The zero-order valence-corrected chi connectivity index (χ0v) is 11.4. The number of nitrogens with zero attached hydrogens (tertiary/aromatic N) is 5. The number of rotatable bonds is 2. The predicted octanol–water partition coefficient (Wildman–Crippen LogP) is 1.67. The van der Waals surface area contributed by atoms with Gasteiger partial charge in [0.25, 0.3) is 0 Å². The summed E-state index contributed by atoms with van der Waals surface area (Å²) in [5, 5.41) is 5.16. The van der Waals surface area contributed by atoms with Crippen molar-refractivity contribution in [3.05, 3.63) is 55.0 Å². The normalized spacial score (nSPS) is 10.6. The molecule has 1 aromatic carbocycles. The lowest BCUT2D eigenvalue weighted by molar-refractivity contribution is 0.252. The molecular weight excluding hydrogens is 268 g/mol. The predicted molar refractivity (Wildman–Crippen MR) is 79.9 cm³/mol. The smallest absolute Gasteiger partial charge is 0.296 e. The van der Waals surface area contributed by atoms with Crippen LogP contribution in [0.3, 0.4) is 0 Å². The second-order valence-electron chi connectivity index (χ2n) is 4.46. The molecule has 0 spiro atoms. The molecule has 0 aliphatic heterocycles. The van der Waals surface area contributed by atoms with Gasteiger partial charge in [0.15, 0.2) is 5.65 Å². The van der Waals surface area contributed by atoms with E-state index in [1.807, 2.05) is 30.3 Å². The van der Waals surface area contributed by atoms with Gasteiger partial charge >= 0.3 is 6.03 Å². The Balaban J connectivity index is 1.91. The molecule has 3 aromatic rings. The Labute approximate surface area is 121 Å². The third kappa shape index (κ3) is 2.30. The van der Waals surface area contributed by atoms with E-state index in [-0.39, 0.29) is 6.03 Å². The second kappa shape index (κ2) is 5.22. The minimum atomic E-state index is -0.373. The van der Waals surface area contributed by atoms with E-state index in [0.717, 1.165) is 10.7 Å². The first kappa shape index (κ1) is 13.1. The Kier molecular flexibility index (Phi) is 3.25. The standard InChI is InChI=1S/C14H14N6O/c1-18(11-6-3-2-4-7-11)14(21)20(15)12-10-17-19-9-5-8-16-13(12)19/h2-10H,15H2,1H3. The van der Waals surface area contributed by atoms with E-state index in [9.17, 15) is 4.79 Å². The van der Waals surface area contributed by atoms with Crippen LogP contribution in [-0.2, 0) is 0 Å². The summed E-state index contributed by atoms with van der Waals surface area (Å²) in [5.74, 6) is 5.94. The van der Waals surface area contributed by atoms with Gasteiger partial charge in [-0.05, 0) is 18.2 Å². The number of amides is 2. The number of anilines is 2. The number of hydrogen-bond donors (Lipinski definition) is 1. The summed E-state index contributed by atoms with van der Waals surface area (Å²) < 4.78 is 1.56. The fourth-order valence-electron chi connectivity index (χ4n) is 2.01. The number of para-hydroxylation sites is 1. The van der Waals surface area contributed by atoms with E-state index in [4.69, 9.17) is 5.84 Å². The van der Waals surface area contributed by atoms with Crippen molar-refractivity contribution in [1.29, 1.82) is 0 Å². The van der Waals surface area contributed by atoms with Crippen LogP contribution in [0.2, 0.25) is 0 Å². The highest BCUT2D eigenvalue weighted by atomic mass is 16.2.